The van der Waals surface area contributed by atoms with E-state index in [2.05, 4.69) is 195 Å². The fraction of sp³-hybridized carbons (Fsp3) is 0.100. The summed E-state index contributed by atoms with van der Waals surface area (Å²) >= 11 is 0. The molecule has 0 spiro atoms. The molecule has 9 rings (SSSR count). The Balaban J connectivity index is 1.27. The molecule has 1 aliphatic carbocycles. The van der Waals surface area contributed by atoms with Crippen molar-refractivity contribution in [2.45, 2.75) is 25.8 Å². The van der Waals surface area contributed by atoms with Gasteiger partial charge in [0.2, 0.25) is 0 Å². The molecule has 0 fully saturated rings. The molecule has 1 N–H and O–H groups in total. The predicted octanol–water partition coefficient (Wildman–Crippen LogP) is 12.4. The minimum absolute atomic E-state index is 0.426. The Hall–Kier alpha value is -6.25. The number of aromatic nitrogens is 1. The molecule has 2 aliphatic rings. The second-order valence-corrected chi connectivity index (χ2v) is 14.4. The van der Waals surface area contributed by atoms with Crippen molar-refractivity contribution in [2.24, 2.45) is 5.92 Å². The molecule has 52 heavy (non-hydrogen) atoms. The number of pyridine rings is 1. The Morgan fingerprint density at radius 1 is 0.635 bits per heavy atom. The van der Waals surface area contributed by atoms with Gasteiger partial charge in [-0.15, -0.1) is 0 Å². The van der Waals surface area contributed by atoms with Gasteiger partial charge < -0.3 is 5.32 Å². The Morgan fingerprint density at radius 2 is 1.31 bits per heavy atom. The molecule has 0 radical (unpaired) electrons. The zero-order valence-corrected chi connectivity index (χ0v) is 29.6. The monoisotopic (exact) mass is 668 g/mol. The lowest BCUT2D eigenvalue weighted by molar-refractivity contribution is 0.538. The lowest BCUT2D eigenvalue weighted by Gasteiger charge is -2.35. The lowest BCUT2D eigenvalue weighted by Crippen LogP contribution is -2.38. The maximum absolute atomic E-state index is 5.08. The van der Waals surface area contributed by atoms with Gasteiger partial charge in [-0.2, -0.15) is 0 Å². The second kappa shape index (κ2) is 13.1. The molecule has 6 aromatic carbocycles. The summed E-state index contributed by atoms with van der Waals surface area (Å²) in [4.78, 5) is 5.08. The van der Waals surface area contributed by atoms with Gasteiger partial charge in [-0.25, -0.2) is 0 Å². The minimum atomic E-state index is -0.426. The topological polar surface area (TPSA) is 24.9 Å². The fourth-order valence-electron chi connectivity index (χ4n) is 7.94. The van der Waals surface area contributed by atoms with E-state index in [9.17, 15) is 0 Å². The normalized spacial score (nSPS) is 17.9. The number of nitrogens with one attached hydrogen (secondary N) is 1. The summed E-state index contributed by atoms with van der Waals surface area (Å²) in [6.45, 7) is 4.60. The molecular formula is C50H40N2. The Bertz CT molecular complexity index is 2510. The van der Waals surface area contributed by atoms with Crippen molar-refractivity contribution in [3.05, 3.63) is 204 Å². The van der Waals surface area contributed by atoms with Crippen LogP contribution in [0.4, 0.5) is 0 Å². The number of dihydropyridines is 1. The quantitative estimate of drug-likeness (QED) is 0.191. The third kappa shape index (κ3) is 5.97. The van der Waals surface area contributed by atoms with Crippen LogP contribution in [0.1, 0.15) is 41.7 Å². The van der Waals surface area contributed by atoms with Crippen molar-refractivity contribution in [1.82, 2.24) is 10.3 Å². The van der Waals surface area contributed by atoms with E-state index in [1.807, 2.05) is 6.20 Å². The van der Waals surface area contributed by atoms with Gasteiger partial charge in [-0.3, -0.25) is 4.98 Å². The Labute approximate surface area is 306 Å². The first kappa shape index (κ1) is 31.7. The van der Waals surface area contributed by atoms with Crippen LogP contribution in [-0.2, 0) is 12.0 Å². The van der Waals surface area contributed by atoms with Crippen LogP contribution in [0.2, 0.25) is 0 Å². The first-order valence-corrected chi connectivity index (χ1v) is 18.2. The van der Waals surface area contributed by atoms with Gasteiger partial charge in [-0.05, 0) is 123 Å². The highest BCUT2D eigenvalue weighted by molar-refractivity contribution is 5.98. The molecule has 7 aromatic rings. The van der Waals surface area contributed by atoms with Gasteiger partial charge in [0.15, 0.2) is 0 Å². The summed E-state index contributed by atoms with van der Waals surface area (Å²) in [5.74, 6) is 0.470. The second-order valence-electron chi connectivity index (χ2n) is 14.4. The molecule has 0 amide bonds. The molecule has 2 nitrogen and oxygen atoms in total. The molecule has 0 saturated carbocycles. The smallest absolute Gasteiger partial charge is 0.0790 e. The van der Waals surface area contributed by atoms with E-state index in [1.54, 1.807) is 0 Å². The van der Waals surface area contributed by atoms with Crippen LogP contribution in [-0.4, -0.2) is 4.98 Å². The van der Waals surface area contributed by atoms with Crippen LogP contribution in [0, 0.1) is 5.92 Å². The van der Waals surface area contributed by atoms with E-state index < -0.39 is 5.54 Å². The largest absolute Gasteiger partial charge is 0.372 e. The first-order chi connectivity index (χ1) is 25.5. The Kier molecular flexibility index (Phi) is 8.01. The van der Waals surface area contributed by atoms with Crippen LogP contribution in [0.5, 0.6) is 0 Å². The SMILES string of the molecule is CC1C=Cc2c(c(-c3cc(C4=CC(C)(c5ccccc5)NC(c5ccccc5)=C4)cc(-c4ccc(-c5ccccc5)cn4)c3)cc3ccccc23)C1. The minimum Gasteiger partial charge on any atom is -0.372 e. The molecule has 250 valence electrons. The van der Waals surface area contributed by atoms with Crippen molar-refractivity contribution in [3.63, 3.8) is 0 Å². The molecule has 2 atom stereocenters. The van der Waals surface area contributed by atoms with Gasteiger partial charge in [0.1, 0.15) is 0 Å². The van der Waals surface area contributed by atoms with Crippen LogP contribution in [0.15, 0.2) is 176 Å². The first-order valence-electron chi connectivity index (χ1n) is 18.2. The molecule has 0 bridgehead atoms. The van der Waals surface area contributed by atoms with Gasteiger partial charge in [-0.1, -0.05) is 140 Å². The number of hydrogen-bond acceptors (Lipinski definition) is 2. The zero-order chi connectivity index (χ0) is 35.1. The maximum Gasteiger partial charge on any atom is 0.0790 e. The van der Waals surface area contributed by atoms with E-state index in [1.165, 1.54) is 55.3 Å². The lowest BCUT2D eigenvalue weighted by atomic mass is 9.80. The van der Waals surface area contributed by atoms with Gasteiger partial charge in [0.25, 0.3) is 0 Å². The van der Waals surface area contributed by atoms with E-state index in [4.69, 9.17) is 4.98 Å². The maximum atomic E-state index is 5.08. The molecular weight excluding hydrogens is 629 g/mol. The standard InChI is InChI=1S/C50H40N2/c1-34-22-24-45-44-21-13-12-18-37(44)30-46(47(45)26-34)40-27-39(28-41(29-40)48-25-23-38(33-51-48)35-14-6-3-7-15-35)42-31-49(36-16-8-4-9-17-36)52-50(2,32-42)43-19-10-5-11-20-43/h3-25,27-34,52H,26H2,1-2H3. The fourth-order valence-corrected chi connectivity index (χ4v) is 7.94. The molecule has 2 heterocycles. The zero-order valence-electron chi connectivity index (χ0n) is 29.6. The third-order valence-corrected chi connectivity index (χ3v) is 10.7. The van der Waals surface area contributed by atoms with Crippen LogP contribution < -0.4 is 5.32 Å². The molecule has 0 saturated heterocycles. The average Bonchev–Trinajstić information content (AvgIpc) is 3.21. The summed E-state index contributed by atoms with van der Waals surface area (Å²) < 4.78 is 0. The predicted molar refractivity (Wildman–Crippen MR) is 219 cm³/mol. The highest BCUT2D eigenvalue weighted by Gasteiger charge is 2.30. The highest BCUT2D eigenvalue weighted by Crippen LogP contribution is 2.42. The summed E-state index contributed by atoms with van der Waals surface area (Å²) in [7, 11) is 0. The molecule has 2 heteroatoms. The van der Waals surface area contributed by atoms with Crippen molar-refractivity contribution in [3.8, 4) is 33.5 Å². The Morgan fingerprint density at radius 3 is 2.06 bits per heavy atom. The summed E-state index contributed by atoms with van der Waals surface area (Å²) in [5.41, 5.74) is 15.0. The van der Waals surface area contributed by atoms with E-state index in [-0.39, 0.29) is 0 Å². The number of benzene rings is 6. The number of nitrogens with zero attached hydrogens (tertiary/aromatic N) is 1. The summed E-state index contributed by atoms with van der Waals surface area (Å²) in [6, 6.07) is 54.5. The number of fused-ring (bicyclic) bond motifs is 3. The molecule has 1 aliphatic heterocycles. The van der Waals surface area contributed by atoms with Gasteiger partial charge in [0, 0.05) is 23.0 Å². The van der Waals surface area contributed by atoms with E-state index in [0.717, 1.165) is 34.5 Å². The third-order valence-electron chi connectivity index (χ3n) is 10.7. The number of allylic oxidation sites excluding steroid dienone is 3. The van der Waals surface area contributed by atoms with Crippen molar-refractivity contribution in [2.75, 3.05) is 0 Å². The summed E-state index contributed by atoms with van der Waals surface area (Å²) in [6.07, 6.45) is 12.4. The number of rotatable bonds is 6. The van der Waals surface area contributed by atoms with E-state index in [0.29, 0.717) is 5.92 Å². The molecule has 2 unspecified atom stereocenters. The van der Waals surface area contributed by atoms with E-state index >= 15 is 0 Å². The van der Waals surface area contributed by atoms with Crippen LogP contribution in [0.3, 0.4) is 0 Å². The molecule has 1 aromatic heterocycles. The van der Waals surface area contributed by atoms with Crippen LogP contribution in [0.25, 0.3) is 61.6 Å². The summed E-state index contributed by atoms with van der Waals surface area (Å²) in [5, 5.41) is 6.48. The van der Waals surface area contributed by atoms with Crippen molar-refractivity contribution >= 4 is 28.1 Å². The van der Waals surface area contributed by atoms with Gasteiger partial charge >= 0.3 is 0 Å². The average molecular weight is 669 g/mol. The highest BCUT2D eigenvalue weighted by atomic mass is 15.0. The van der Waals surface area contributed by atoms with Crippen LogP contribution >= 0.6 is 0 Å². The van der Waals surface area contributed by atoms with Crippen molar-refractivity contribution < 1.29 is 0 Å². The van der Waals surface area contributed by atoms with Crippen molar-refractivity contribution in [1.29, 1.82) is 0 Å². The number of hydrogen-bond donors (Lipinski definition) is 1. The van der Waals surface area contributed by atoms with Gasteiger partial charge in [0.05, 0.1) is 11.2 Å².